The Balaban J connectivity index is 1.69. The standard InChI is InChI=1S/C21H16N2O5S2/c24-12-7-5-11(6-8-12)23-15(26)9-21(19(23)27)10-29-18-17(30-20(28)22-18)16(21)13-3-1-2-4-14(13)25/h1-8,16,24-25H,9-10H2,(H,22,28)/t16-,21-/m0/s1. The van der Waals surface area contributed by atoms with Gasteiger partial charge in [0.2, 0.25) is 11.8 Å². The van der Waals surface area contributed by atoms with Gasteiger partial charge in [-0.25, -0.2) is 4.90 Å². The minimum absolute atomic E-state index is 0.0175. The molecule has 0 aliphatic carbocycles. The zero-order valence-corrected chi connectivity index (χ0v) is 17.1. The SMILES string of the molecule is O=C1C[C@@]2(CSc3[nH]c(=O)sc3[C@@H]2c2ccccc2O)C(=O)N1c1ccc(O)cc1. The number of aromatic nitrogens is 1. The van der Waals surface area contributed by atoms with Crippen molar-refractivity contribution in [2.24, 2.45) is 5.41 Å². The van der Waals surface area contributed by atoms with Crippen LogP contribution in [0.2, 0.25) is 0 Å². The highest BCUT2D eigenvalue weighted by atomic mass is 32.2. The Morgan fingerprint density at radius 3 is 2.50 bits per heavy atom. The van der Waals surface area contributed by atoms with Gasteiger partial charge >= 0.3 is 4.87 Å². The molecule has 152 valence electrons. The lowest BCUT2D eigenvalue weighted by molar-refractivity contribution is -0.125. The van der Waals surface area contributed by atoms with Crippen LogP contribution < -0.4 is 9.77 Å². The van der Waals surface area contributed by atoms with Gasteiger partial charge in [0.15, 0.2) is 0 Å². The van der Waals surface area contributed by atoms with Crippen LogP contribution in [0, 0.1) is 5.41 Å². The van der Waals surface area contributed by atoms with Crippen molar-refractivity contribution in [3.8, 4) is 11.5 Å². The molecule has 3 N–H and O–H groups in total. The summed E-state index contributed by atoms with van der Waals surface area (Å²) in [7, 11) is 0. The number of thioether (sulfide) groups is 1. The smallest absolute Gasteiger partial charge is 0.305 e. The summed E-state index contributed by atoms with van der Waals surface area (Å²) in [5.74, 6) is -0.996. The van der Waals surface area contributed by atoms with Crippen molar-refractivity contribution in [1.82, 2.24) is 4.98 Å². The van der Waals surface area contributed by atoms with Crippen molar-refractivity contribution in [1.29, 1.82) is 0 Å². The molecule has 9 heteroatoms. The molecule has 1 fully saturated rings. The third-order valence-electron chi connectivity index (χ3n) is 5.63. The fourth-order valence-electron chi connectivity index (χ4n) is 4.29. The lowest BCUT2D eigenvalue weighted by Gasteiger charge is -2.38. The highest BCUT2D eigenvalue weighted by Crippen LogP contribution is 2.58. The molecule has 7 nitrogen and oxygen atoms in total. The second-order valence-electron chi connectivity index (χ2n) is 7.37. The number of hydrogen-bond acceptors (Lipinski definition) is 7. The van der Waals surface area contributed by atoms with E-state index in [0.29, 0.717) is 26.9 Å². The van der Waals surface area contributed by atoms with Crippen LogP contribution in [0.3, 0.4) is 0 Å². The van der Waals surface area contributed by atoms with E-state index < -0.39 is 11.3 Å². The van der Waals surface area contributed by atoms with E-state index in [0.717, 1.165) is 16.2 Å². The van der Waals surface area contributed by atoms with Gasteiger partial charge in [-0.3, -0.25) is 14.4 Å². The largest absolute Gasteiger partial charge is 0.508 e. The molecule has 0 unspecified atom stereocenters. The number of aromatic amines is 1. The van der Waals surface area contributed by atoms with Crippen molar-refractivity contribution in [3.63, 3.8) is 0 Å². The number of aromatic hydroxyl groups is 2. The fraction of sp³-hybridized carbons (Fsp3) is 0.190. The summed E-state index contributed by atoms with van der Waals surface area (Å²) < 4.78 is 0. The highest BCUT2D eigenvalue weighted by molar-refractivity contribution is 7.99. The molecule has 0 bridgehead atoms. The van der Waals surface area contributed by atoms with Crippen molar-refractivity contribution < 1.29 is 19.8 Å². The number of nitrogens with zero attached hydrogens (tertiary/aromatic N) is 1. The van der Waals surface area contributed by atoms with Gasteiger partial charge in [0.05, 0.1) is 16.1 Å². The van der Waals surface area contributed by atoms with Crippen LogP contribution in [0.25, 0.3) is 0 Å². The Morgan fingerprint density at radius 1 is 1.03 bits per heavy atom. The van der Waals surface area contributed by atoms with Crippen LogP contribution in [0.1, 0.15) is 22.8 Å². The maximum Gasteiger partial charge on any atom is 0.305 e. The maximum atomic E-state index is 13.8. The number of rotatable bonds is 2. The van der Waals surface area contributed by atoms with Gasteiger partial charge in [-0.1, -0.05) is 29.5 Å². The summed E-state index contributed by atoms with van der Waals surface area (Å²) in [6.07, 6.45) is -0.0375. The molecule has 2 aromatic carbocycles. The Labute approximate surface area is 179 Å². The van der Waals surface area contributed by atoms with E-state index >= 15 is 0 Å². The van der Waals surface area contributed by atoms with Crippen LogP contribution >= 0.6 is 23.1 Å². The van der Waals surface area contributed by atoms with E-state index in [4.69, 9.17) is 0 Å². The summed E-state index contributed by atoms with van der Waals surface area (Å²) in [6.45, 7) is 0. The molecule has 2 aliphatic heterocycles. The molecule has 3 heterocycles. The first-order valence-corrected chi connectivity index (χ1v) is 11.0. The summed E-state index contributed by atoms with van der Waals surface area (Å²) >= 11 is 2.36. The Hall–Kier alpha value is -3.04. The molecule has 0 saturated carbocycles. The Bertz CT molecular complexity index is 1230. The number of phenols is 2. The van der Waals surface area contributed by atoms with Crippen molar-refractivity contribution in [2.45, 2.75) is 17.4 Å². The second kappa shape index (κ2) is 6.75. The quantitative estimate of drug-likeness (QED) is 0.529. The number of phenolic OH excluding ortho intramolecular Hbond substituents is 2. The van der Waals surface area contributed by atoms with Crippen LogP contribution in [0.15, 0.2) is 58.4 Å². The van der Waals surface area contributed by atoms with E-state index in [-0.39, 0.29) is 34.6 Å². The third kappa shape index (κ3) is 2.69. The number of H-pyrrole nitrogens is 1. The van der Waals surface area contributed by atoms with E-state index in [1.54, 1.807) is 24.3 Å². The van der Waals surface area contributed by atoms with Gasteiger partial charge in [0, 0.05) is 28.5 Å². The van der Waals surface area contributed by atoms with Crippen LogP contribution in [0.5, 0.6) is 11.5 Å². The van der Waals surface area contributed by atoms with Crippen molar-refractivity contribution in [2.75, 3.05) is 10.7 Å². The van der Waals surface area contributed by atoms with Crippen LogP contribution in [0.4, 0.5) is 5.69 Å². The lowest BCUT2D eigenvalue weighted by Crippen LogP contribution is -2.43. The number of anilines is 1. The molecule has 30 heavy (non-hydrogen) atoms. The monoisotopic (exact) mass is 440 g/mol. The van der Waals surface area contributed by atoms with Gasteiger partial charge < -0.3 is 15.2 Å². The summed E-state index contributed by atoms with van der Waals surface area (Å²) in [6, 6.07) is 12.6. The zero-order valence-electron chi connectivity index (χ0n) is 15.5. The number of amides is 2. The molecule has 1 saturated heterocycles. The molecule has 0 radical (unpaired) electrons. The second-order valence-corrected chi connectivity index (χ2v) is 9.37. The number of nitrogens with one attached hydrogen (secondary N) is 1. The Morgan fingerprint density at radius 2 is 1.77 bits per heavy atom. The average Bonchev–Trinajstić information content (AvgIpc) is 3.21. The third-order valence-corrected chi connectivity index (χ3v) is 7.98. The number of imide groups is 1. The van der Waals surface area contributed by atoms with Gasteiger partial charge in [-0.15, -0.1) is 11.8 Å². The fourth-order valence-corrected chi connectivity index (χ4v) is 6.84. The van der Waals surface area contributed by atoms with E-state index in [1.807, 2.05) is 0 Å². The highest BCUT2D eigenvalue weighted by Gasteiger charge is 2.60. The molecular formula is C21H16N2O5S2. The van der Waals surface area contributed by atoms with Gasteiger partial charge in [0.25, 0.3) is 0 Å². The topological polar surface area (TPSA) is 111 Å². The minimum atomic E-state index is -1.13. The van der Waals surface area contributed by atoms with E-state index in [2.05, 4.69) is 4.98 Å². The van der Waals surface area contributed by atoms with Crippen LogP contribution in [-0.2, 0) is 9.59 Å². The summed E-state index contributed by atoms with van der Waals surface area (Å²) in [5, 5.41) is 20.8. The summed E-state index contributed by atoms with van der Waals surface area (Å²) in [4.78, 5) is 43.2. The number of thiazole rings is 1. The predicted octanol–water partition coefficient (Wildman–Crippen LogP) is 3.04. The van der Waals surface area contributed by atoms with E-state index in [9.17, 15) is 24.6 Å². The number of fused-ring (bicyclic) bond motifs is 1. The van der Waals surface area contributed by atoms with Crippen molar-refractivity contribution in [3.05, 3.63) is 68.6 Å². The normalized spacial score (nSPS) is 23.2. The minimum Gasteiger partial charge on any atom is -0.508 e. The molecule has 1 spiro atoms. The first kappa shape index (κ1) is 19.0. The predicted molar refractivity (Wildman–Crippen MR) is 113 cm³/mol. The number of carbonyl (C=O) groups is 2. The van der Waals surface area contributed by atoms with Gasteiger partial charge in [0.1, 0.15) is 11.5 Å². The maximum absolute atomic E-state index is 13.8. The Kier molecular flexibility index (Phi) is 4.26. The van der Waals surface area contributed by atoms with Gasteiger partial charge in [-0.05, 0) is 30.3 Å². The molecule has 2 amide bonds. The molecule has 2 atom stereocenters. The first-order chi connectivity index (χ1) is 14.4. The van der Waals surface area contributed by atoms with Crippen molar-refractivity contribution >= 4 is 40.6 Å². The van der Waals surface area contributed by atoms with E-state index in [1.165, 1.54) is 36.0 Å². The molecule has 1 aromatic heterocycles. The van der Waals surface area contributed by atoms with Crippen LogP contribution in [-0.4, -0.2) is 32.8 Å². The number of hydrogen-bond donors (Lipinski definition) is 3. The number of para-hydroxylation sites is 1. The first-order valence-electron chi connectivity index (χ1n) is 9.21. The van der Waals surface area contributed by atoms with Gasteiger partial charge in [-0.2, -0.15) is 0 Å². The number of carbonyl (C=O) groups excluding carboxylic acids is 2. The average molecular weight is 441 g/mol. The molecule has 2 aliphatic rings. The zero-order chi connectivity index (χ0) is 21.0. The molecule has 3 aromatic rings. The summed E-state index contributed by atoms with van der Waals surface area (Å²) in [5.41, 5.74) is -0.229. The molecule has 5 rings (SSSR count). The number of benzene rings is 2. The molecular weight excluding hydrogens is 424 g/mol. The lowest BCUT2D eigenvalue weighted by atomic mass is 9.70.